The normalized spacial score (nSPS) is 22.9. The molecular weight excluding hydrogens is 254 g/mol. The van der Waals surface area contributed by atoms with Gasteiger partial charge in [0.1, 0.15) is 11.3 Å². The molecule has 4 heteroatoms. The van der Waals surface area contributed by atoms with Crippen LogP contribution in [0.15, 0.2) is 24.3 Å². The SMILES string of the molecule is CCOc1ccc(CN2CCCC2(CC)C(=O)O)cc1. The van der Waals surface area contributed by atoms with E-state index in [2.05, 4.69) is 4.90 Å². The van der Waals surface area contributed by atoms with E-state index >= 15 is 0 Å². The van der Waals surface area contributed by atoms with Crippen LogP contribution in [-0.2, 0) is 11.3 Å². The zero-order valence-corrected chi connectivity index (χ0v) is 12.3. The lowest BCUT2D eigenvalue weighted by Gasteiger charge is -2.33. The number of hydrogen-bond acceptors (Lipinski definition) is 3. The molecule has 0 bridgehead atoms. The van der Waals surface area contributed by atoms with Gasteiger partial charge >= 0.3 is 5.97 Å². The smallest absolute Gasteiger partial charge is 0.324 e. The Morgan fingerprint density at radius 1 is 1.35 bits per heavy atom. The standard InChI is InChI=1S/C16H23NO3/c1-3-16(15(18)19)10-5-11-17(16)12-13-6-8-14(9-7-13)20-4-2/h6-9H,3-5,10-12H2,1-2H3,(H,18,19). The van der Waals surface area contributed by atoms with Crippen LogP contribution in [0.5, 0.6) is 5.75 Å². The molecule has 0 radical (unpaired) electrons. The summed E-state index contributed by atoms with van der Waals surface area (Å²) in [6.07, 6.45) is 2.35. The number of nitrogens with zero attached hydrogens (tertiary/aromatic N) is 1. The molecule has 0 aromatic heterocycles. The fourth-order valence-corrected chi connectivity index (χ4v) is 3.04. The van der Waals surface area contributed by atoms with Crippen LogP contribution in [0.1, 0.15) is 38.7 Å². The molecular formula is C16H23NO3. The van der Waals surface area contributed by atoms with Crippen molar-refractivity contribution in [1.29, 1.82) is 0 Å². The first-order valence-electron chi connectivity index (χ1n) is 7.32. The lowest BCUT2D eigenvalue weighted by Crippen LogP contribution is -2.49. The van der Waals surface area contributed by atoms with E-state index in [4.69, 9.17) is 4.74 Å². The Hall–Kier alpha value is -1.55. The zero-order chi connectivity index (χ0) is 14.6. The minimum Gasteiger partial charge on any atom is -0.494 e. The second kappa shape index (κ2) is 6.27. The topological polar surface area (TPSA) is 49.8 Å². The first-order chi connectivity index (χ1) is 9.62. The summed E-state index contributed by atoms with van der Waals surface area (Å²) < 4.78 is 5.42. The molecule has 110 valence electrons. The van der Waals surface area contributed by atoms with Crippen molar-refractivity contribution >= 4 is 5.97 Å². The summed E-state index contributed by atoms with van der Waals surface area (Å²) >= 11 is 0. The number of rotatable bonds is 6. The highest BCUT2D eigenvalue weighted by molar-refractivity contribution is 5.79. The molecule has 0 amide bonds. The van der Waals surface area contributed by atoms with Crippen molar-refractivity contribution in [2.75, 3.05) is 13.2 Å². The summed E-state index contributed by atoms with van der Waals surface area (Å²) in [4.78, 5) is 13.7. The molecule has 1 aromatic rings. The van der Waals surface area contributed by atoms with Gasteiger partial charge in [0.25, 0.3) is 0 Å². The fourth-order valence-electron chi connectivity index (χ4n) is 3.04. The molecule has 1 aliphatic heterocycles. The van der Waals surface area contributed by atoms with Crippen LogP contribution in [-0.4, -0.2) is 34.7 Å². The molecule has 1 fully saturated rings. The minimum atomic E-state index is -0.691. The molecule has 0 aliphatic carbocycles. The van der Waals surface area contributed by atoms with Gasteiger partial charge in [0.15, 0.2) is 0 Å². The van der Waals surface area contributed by atoms with E-state index in [-0.39, 0.29) is 0 Å². The van der Waals surface area contributed by atoms with Crippen LogP contribution in [0.4, 0.5) is 0 Å². The van der Waals surface area contributed by atoms with Gasteiger partial charge < -0.3 is 9.84 Å². The number of hydrogen-bond donors (Lipinski definition) is 1. The van der Waals surface area contributed by atoms with Crippen LogP contribution in [0.2, 0.25) is 0 Å². The number of likely N-dealkylation sites (tertiary alicyclic amines) is 1. The Kier molecular flexibility index (Phi) is 4.65. The number of aliphatic carboxylic acids is 1. The van der Waals surface area contributed by atoms with Crippen LogP contribution in [0, 0.1) is 0 Å². The van der Waals surface area contributed by atoms with Gasteiger partial charge in [-0.05, 0) is 50.4 Å². The molecule has 1 aromatic carbocycles. The van der Waals surface area contributed by atoms with Gasteiger partial charge in [-0.3, -0.25) is 9.69 Å². The van der Waals surface area contributed by atoms with Gasteiger partial charge in [-0.2, -0.15) is 0 Å². The van der Waals surface area contributed by atoms with Crippen molar-refractivity contribution in [3.05, 3.63) is 29.8 Å². The third-order valence-electron chi connectivity index (χ3n) is 4.21. The number of ether oxygens (including phenoxy) is 1. The average molecular weight is 277 g/mol. The van der Waals surface area contributed by atoms with Crippen molar-refractivity contribution in [2.24, 2.45) is 0 Å². The molecule has 0 spiro atoms. The first kappa shape index (κ1) is 14.9. The summed E-state index contributed by atoms with van der Waals surface area (Å²) in [7, 11) is 0. The first-order valence-corrected chi connectivity index (χ1v) is 7.32. The van der Waals surface area contributed by atoms with E-state index in [0.29, 0.717) is 19.6 Å². The molecule has 1 heterocycles. The predicted molar refractivity (Wildman–Crippen MR) is 77.9 cm³/mol. The van der Waals surface area contributed by atoms with Crippen LogP contribution in [0.3, 0.4) is 0 Å². The third kappa shape index (κ3) is 2.80. The highest BCUT2D eigenvalue weighted by Gasteiger charge is 2.45. The van der Waals surface area contributed by atoms with Gasteiger partial charge in [-0.15, -0.1) is 0 Å². The van der Waals surface area contributed by atoms with E-state index in [1.165, 1.54) is 0 Å². The van der Waals surface area contributed by atoms with E-state index in [0.717, 1.165) is 30.7 Å². The Morgan fingerprint density at radius 3 is 2.60 bits per heavy atom. The highest BCUT2D eigenvalue weighted by Crippen LogP contribution is 2.34. The van der Waals surface area contributed by atoms with Crippen LogP contribution < -0.4 is 4.74 Å². The largest absolute Gasteiger partial charge is 0.494 e. The number of carboxylic acid groups (broad SMARTS) is 1. The highest BCUT2D eigenvalue weighted by atomic mass is 16.5. The van der Waals surface area contributed by atoms with Crippen molar-refractivity contribution in [3.63, 3.8) is 0 Å². The molecule has 1 unspecified atom stereocenters. The van der Waals surface area contributed by atoms with E-state index in [1.54, 1.807) is 0 Å². The molecule has 0 saturated carbocycles. The maximum Gasteiger partial charge on any atom is 0.324 e. The van der Waals surface area contributed by atoms with E-state index in [1.807, 2.05) is 38.1 Å². The molecule has 1 aliphatic rings. The van der Waals surface area contributed by atoms with Crippen molar-refractivity contribution in [1.82, 2.24) is 4.90 Å². The number of carbonyl (C=O) groups is 1. The summed E-state index contributed by atoms with van der Waals surface area (Å²) in [5, 5.41) is 9.56. The van der Waals surface area contributed by atoms with Gasteiger partial charge in [0.2, 0.25) is 0 Å². The predicted octanol–water partition coefficient (Wildman–Crippen LogP) is 2.91. The van der Waals surface area contributed by atoms with Gasteiger partial charge in [0.05, 0.1) is 6.61 Å². The zero-order valence-electron chi connectivity index (χ0n) is 12.3. The lowest BCUT2D eigenvalue weighted by molar-refractivity contribution is -0.150. The Bertz CT molecular complexity index is 457. The molecule has 1 saturated heterocycles. The third-order valence-corrected chi connectivity index (χ3v) is 4.21. The van der Waals surface area contributed by atoms with Crippen molar-refractivity contribution in [3.8, 4) is 5.75 Å². The summed E-state index contributed by atoms with van der Waals surface area (Å²) in [5.41, 5.74) is 0.452. The molecule has 1 atom stereocenters. The van der Waals surface area contributed by atoms with Gasteiger partial charge in [0, 0.05) is 6.54 Å². The molecule has 2 rings (SSSR count). The summed E-state index contributed by atoms with van der Waals surface area (Å²) in [6.45, 7) is 6.12. The second-order valence-corrected chi connectivity index (χ2v) is 5.29. The Balaban J connectivity index is 2.10. The molecule has 4 nitrogen and oxygen atoms in total. The Labute approximate surface area is 120 Å². The summed E-state index contributed by atoms with van der Waals surface area (Å²) in [6, 6.07) is 7.93. The van der Waals surface area contributed by atoms with Crippen LogP contribution >= 0.6 is 0 Å². The Morgan fingerprint density at radius 2 is 2.05 bits per heavy atom. The van der Waals surface area contributed by atoms with Gasteiger partial charge in [-0.1, -0.05) is 19.1 Å². The number of benzene rings is 1. The number of carboxylic acids is 1. The fraction of sp³-hybridized carbons (Fsp3) is 0.562. The molecule has 1 N–H and O–H groups in total. The van der Waals surface area contributed by atoms with Gasteiger partial charge in [-0.25, -0.2) is 0 Å². The van der Waals surface area contributed by atoms with Crippen molar-refractivity contribution < 1.29 is 14.6 Å². The average Bonchev–Trinajstić information content (AvgIpc) is 2.85. The summed E-state index contributed by atoms with van der Waals surface area (Å²) in [5.74, 6) is 0.168. The lowest BCUT2D eigenvalue weighted by atomic mass is 9.92. The van der Waals surface area contributed by atoms with Crippen molar-refractivity contribution in [2.45, 2.75) is 45.2 Å². The van der Waals surface area contributed by atoms with E-state index in [9.17, 15) is 9.90 Å². The monoisotopic (exact) mass is 277 g/mol. The quantitative estimate of drug-likeness (QED) is 0.868. The van der Waals surface area contributed by atoms with E-state index < -0.39 is 11.5 Å². The maximum atomic E-state index is 11.6. The minimum absolute atomic E-state index is 0.652. The second-order valence-electron chi connectivity index (χ2n) is 5.29. The molecule has 20 heavy (non-hydrogen) atoms. The van der Waals surface area contributed by atoms with Crippen LogP contribution in [0.25, 0.3) is 0 Å². The maximum absolute atomic E-state index is 11.6.